The molecule has 0 saturated heterocycles. The van der Waals surface area contributed by atoms with E-state index < -0.39 is 10.0 Å². The average molecular weight is 500 g/mol. The van der Waals surface area contributed by atoms with Crippen molar-refractivity contribution < 1.29 is 13.2 Å². The first-order chi connectivity index (χ1) is 14.3. The van der Waals surface area contributed by atoms with E-state index in [4.69, 9.17) is 39.5 Å². The monoisotopic (exact) mass is 498 g/mol. The lowest BCUT2D eigenvalue weighted by molar-refractivity contribution is 0.403. The number of halogens is 3. The van der Waals surface area contributed by atoms with Crippen LogP contribution in [-0.4, -0.2) is 20.5 Å². The molecule has 10 heteroatoms. The molecule has 0 aliphatic rings. The third kappa shape index (κ3) is 4.22. The molecule has 154 valence electrons. The van der Waals surface area contributed by atoms with Crippen molar-refractivity contribution in [3.05, 3.63) is 69.7 Å². The van der Waals surface area contributed by atoms with Crippen molar-refractivity contribution >= 4 is 72.1 Å². The van der Waals surface area contributed by atoms with E-state index in [0.29, 0.717) is 26.3 Å². The van der Waals surface area contributed by atoms with Gasteiger partial charge < -0.3 is 4.74 Å². The zero-order chi connectivity index (χ0) is 21.5. The number of hydrogen-bond donors (Lipinski definition) is 1. The summed E-state index contributed by atoms with van der Waals surface area (Å²) in [5.74, 6) is 0.183. The molecule has 30 heavy (non-hydrogen) atoms. The van der Waals surface area contributed by atoms with Gasteiger partial charge in [-0.05, 0) is 54.6 Å². The fraction of sp³-hybridized carbons (Fsp3) is 0.0500. The van der Waals surface area contributed by atoms with Crippen LogP contribution in [0.5, 0.6) is 5.75 Å². The van der Waals surface area contributed by atoms with Crippen molar-refractivity contribution in [1.82, 2.24) is 4.98 Å². The van der Waals surface area contributed by atoms with E-state index in [1.54, 1.807) is 24.3 Å². The van der Waals surface area contributed by atoms with Crippen LogP contribution in [0.2, 0.25) is 15.1 Å². The predicted octanol–water partition coefficient (Wildman–Crippen LogP) is 6.73. The van der Waals surface area contributed by atoms with Gasteiger partial charge >= 0.3 is 0 Å². The van der Waals surface area contributed by atoms with E-state index in [2.05, 4.69) is 9.71 Å². The first kappa shape index (κ1) is 21.2. The van der Waals surface area contributed by atoms with Gasteiger partial charge in [-0.1, -0.05) is 34.8 Å². The number of benzene rings is 3. The summed E-state index contributed by atoms with van der Waals surface area (Å²) in [5.41, 5.74) is 1.81. The van der Waals surface area contributed by atoms with Gasteiger partial charge in [0.2, 0.25) is 0 Å². The molecule has 0 saturated carbocycles. The number of aromatic nitrogens is 1. The third-order valence-electron chi connectivity index (χ3n) is 4.22. The number of ether oxygens (including phenoxy) is 1. The Bertz CT molecular complexity index is 1370. The molecule has 0 aliphatic heterocycles. The van der Waals surface area contributed by atoms with Gasteiger partial charge in [0.25, 0.3) is 10.0 Å². The third-order valence-corrected chi connectivity index (χ3v) is 7.45. The number of thiazole rings is 1. The zero-order valence-corrected chi connectivity index (χ0v) is 19.2. The molecule has 0 bridgehead atoms. The minimum absolute atomic E-state index is 0.0687. The van der Waals surface area contributed by atoms with Crippen molar-refractivity contribution in [2.24, 2.45) is 0 Å². The molecule has 0 fully saturated rings. The lowest BCUT2D eigenvalue weighted by Gasteiger charge is -2.12. The number of anilines is 1. The molecule has 1 heterocycles. The predicted molar refractivity (Wildman–Crippen MR) is 124 cm³/mol. The maximum atomic E-state index is 12.8. The molecule has 0 atom stereocenters. The molecule has 1 N–H and O–H groups in total. The Morgan fingerprint density at radius 1 is 0.967 bits per heavy atom. The normalized spacial score (nSPS) is 11.6. The fourth-order valence-electron chi connectivity index (χ4n) is 2.84. The van der Waals surface area contributed by atoms with Gasteiger partial charge in [0.15, 0.2) is 0 Å². The Labute approximate surface area is 192 Å². The van der Waals surface area contributed by atoms with E-state index in [1.165, 1.54) is 36.6 Å². The highest BCUT2D eigenvalue weighted by Gasteiger charge is 2.21. The Hall–Kier alpha value is -2.03. The summed E-state index contributed by atoms with van der Waals surface area (Å²) in [6, 6.07) is 14.7. The number of nitrogens with one attached hydrogen (secondary N) is 1. The molecule has 4 rings (SSSR count). The summed E-state index contributed by atoms with van der Waals surface area (Å²) in [6.45, 7) is 0. The zero-order valence-electron chi connectivity index (χ0n) is 15.3. The van der Waals surface area contributed by atoms with Crippen LogP contribution in [0.4, 0.5) is 5.69 Å². The quantitative estimate of drug-likeness (QED) is 0.330. The lowest BCUT2D eigenvalue weighted by Crippen LogP contribution is -2.14. The molecular formula is C20H13Cl3N2O3S2. The molecule has 3 aromatic carbocycles. The van der Waals surface area contributed by atoms with Crippen molar-refractivity contribution in [2.45, 2.75) is 4.90 Å². The van der Waals surface area contributed by atoms with Crippen LogP contribution < -0.4 is 9.46 Å². The van der Waals surface area contributed by atoms with Crippen LogP contribution in [0.25, 0.3) is 20.8 Å². The van der Waals surface area contributed by atoms with Gasteiger partial charge in [0.1, 0.15) is 15.7 Å². The van der Waals surface area contributed by atoms with Gasteiger partial charge in [0, 0.05) is 15.6 Å². The second-order valence-corrected chi connectivity index (χ2v) is 10.2. The number of fused-ring (bicyclic) bond motifs is 1. The minimum atomic E-state index is -3.94. The maximum Gasteiger partial charge on any atom is 0.265 e. The summed E-state index contributed by atoms with van der Waals surface area (Å²) >= 11 is 19.9. The van der Waals surface area contributed by atoms with E-state index >= 15 is 0 Å². The molecule has 0 unspecified atom stereocenters. The number of sulfonamides is 1. The first-order valence-electron chi connectivity index (χ1n) is 8.49. The molecule has 0 radical (unpaired) electrons. The number of hydrogen-bond acceptors (Lipinski definition) is 5. The molecule has 1 aromatic heterocycles. The highest BCUT2D eigenvalue weighted by molar-refractivity contribution is 7.92. The SMILES string of the molecule is COc1ccc(Cl)cc1S(=O)(=O)Nc1ccc(-c2nc3ccc(Cl)cc3s2)c(Cl)c1. The molecular weight excluding hydrogens is 487 g/mol. The van der Waals surface area contributed by atoms with E-state index in [0.717, 1.165) is 10.2 Å². The van der Waals surface area contributed by atoms with E-state index in [-0.39, 0.29) is 15.7 Å². The molecule has 0 amide bonds. The standard InChI is InChI=1S/C20H13Cl3N2O3S2/c1-28-17-7-3-12(22)9-19(17)30(26,27)25-13-4-5-14(15(23)10-13)20-24-16-6-2-11(21)8-18(16)29-20/h2-10,25H,1H3. The average Bonchev–Trinajstić information content (AvgIpc) is 3.10. The van der Waals surface area contributed by atoms with Gasteiger partial charge in [-0.3, -0.25) is 4.72 Å². The summed E-state index contributed by atoms with van der Waals surface area (Å²) in [6.07, 6.45) is 0. The first-order valence-corrected chi connectivity index (χ1v) is 11.9. The largest absolute Gasteiger partial charge is 0.495 e. The van der Waals surface area contributed by atoms with E-state index in [1.807, 2.05) is 12.1 Å². The van der Waals surface area contributed by atoms with Crippen LogP contribution in [0.3, 0.4) is 0 Å². The summed E-state index contributed by atoms with van der Waals surface area (Å²) < 4.78 is 34.3. The van der Waals surface area contributed by atoms with Crippen molar-refractivity contribution in [3.8, 4) is 16.3 Å². The van der Waals surface area contributed by atoms with Gasteiger partial charge in [0.05, 0.1) is 28.0 Å². The van der Waals surface area contributed by atoms with Gasteiger partial charge in [-0.2, -0.15) is 0 Å². The Kier molecular flexibility index (Phi) is 5.83. The van der Waals surface area contributed by atoms with Crippen molar-refractivity contribution in [2.75, 3.05) is 11.8 Å². The maximum absolute atomic E-state index is 12.8. The fourth-order valence-corrected chi connectivity index (χ4v) is 5.93. The van der Waals surface area contributed by atoms with E-state index in [9.17, 15) is 8.42 Å². The Morgan fingerprint density at radius 2 is 1.70 bits per heavy atom. The lowest BCUT2D eigenvalue weighted by atomic mass is 10.2. The van der Waals surface area contributed by atoms with Crippen molar-refractivity contribution in [1.29, 1.82) is 0 Å². The van der Waals surface area contributed by atoms with Crippen LogP contribution in [0, 0.1) is 0 Å². The second-order valence-electron chi connectivity index (χ2n) is 6.23. The molecule has 0 spiro atoms. The highest BCUT2D eigenvalue weighted by Crippen LogP contribution is 2.37. The van der Waals surface area contributed by atoms with Crippen LogP contribution >= 0.6 is 46.1 Å². The van der Waals surface area contributed by atoms with Crippen molar-refractivity contribution in [3.63, 3.8) is 0 Å². The smallest absolute Gasteiger partial charge is 0.265 e. The number of nitrogens with zero attached hydrogens (tertiary/aromatic N) is 1. The molecule has 0 aliphatic carbocycles. The topological polar surface area (TPSA) is 68.3 Å². The number of rotatable bonds is 5. The molecule has 5 nitrogen and oxygen atoms in total. The van der Waals surface area contributed by atoms with Crippen LogP contribution in [0.1, 0.15) is 0 Å². The Morgan fingerprint density at radius 3 is 2.43 bits per heavy atom. The minimum Gasteiger partial charge on any atom is -0.495 e. The second kappa shape index (κ2) is 8.24. The summed E-state index contributed by atoms with van der Waals surface area (Å²) in [5, 5.41) is 1.98. The summed E-state index contributed by atoms with van der Waals surface area (Å²) in [4.78, 5) is 4.51. The van der Waals surface area contributed by atoms with Crippen LogP contribution in [-0.2, 0) is 10.0 Å². The van der Waals surface area contributed by atoms with Gasteiger partial charge in [-0.25, -0.2) is 13.4 Å². The highest BCUT2D eigenvalue weighted by atomic mass is 35.5. The molecule has 4 aromatic rings. The summed E-state index contributed by atoms with van der Waals surface area (Å²) in [7, 11) is -2.56. The van der Waals surface area contributed by atoms with Gasteiger partial charge in [-0.15, -0.1) is 11.3 Å². The number of methoxy groups -OCH3 is 1. The van der Waals surface area contributed by atoms with Crippen LogP contribution in [0.15, 0.2) is 59.5 Å². The Balaban J connectivity index is 1.67.